The second kappa shape index (κ2) is 34.1. The lowest BCUT2D eigenvalue weighted by molar-refractivity contribution is 0.103. The molecular formula is C76H74O16. The molecule has 0 aliphatic rings. The van der Waals surface area contributed by atoms with Crippen molar-refractivity contribution in [2.75, 3.05) is 0 Å². The van der Waals surface area contributed by atoms with E-state index in [-0.39, 0.29) is 114 Å². The van der Waals surface area contributed by atoms with Crippen LogP contribution in [0.1, 0.15) is 127 Å². The molecule has 474 valence electrons. The fourth-order valence-electron chi connectivity index (χ4n) is 8.44. The predicted molar refractivity (Wildman–Crippen MR) is 359 cm³/mol. The smallest absolute Gasteiger partial charge is 0.189 e. The van der Waals surface area contributed by atoms with Gasteiger partial charge in [0, 0.05) is 24.3 Å². The number of benzene rings is 8. The maximum atomic E-state index is 12.4. The maximum Gasteiger partial charge on any atom is 0.189 e. The normalized spacial score (nSPS) is 10.8. The standard InChI is InChI=1S/C25H28O4.C20H20O4.C16H14O4.C15H12O4/c1-16(2)5-8-19-13-18(14-20(25(19)29)9-6-17(3)4)7-12-23(27)22-11-10-21(26)15-24(22)28;1-13(2)3-6-15-11-14(4-9-18(15)22)5-10-19(23)17-8-7-16(21)12-20(17)24;1-10-6-11(8-13(18)7-10)2-5-15(19)14-4-3-12(17)9-16(14)20;16-11-4-1-10(2-5-11)3-8-14(18)13-7-6-12(17)9-15(13)19/h5-7,10-15,26,28-29H,8-9H2,1-4H3;3-5,7-12,21-22,24H,6H2,1-2H3;2-9,17-18,20H,1H3;1-9,16-17,19H/b12-7+;10-5+;5-2+;8-3+. The van der Waals surface area contributed by atoms with Crippen molar-refractivity contribution in [3.8, 4) is 69.0 Å². The Morgan fingerprint density at radius 1 is 0.293 bits per heavy atom. The fourth-order valence-corrected chi connectivity index (χ4v) is 8.44. The Morgan fingerprint density at radius 3 is 0.946 bits per heavy atom. The van der Waals surface area contributed by atoms with Gasteiger partial charge in [0.05, 0.1) is 22.3 Å². The molecular weight excluding hydrogens is 1170 g/mol. The van der Waals surface area contributed by atoms with Crippen molar-refractivity contribution in [3.63, 3.8) is 0 Å². The highest BCUT2D eigenvalue weighted by atomic mass is 16.3. The Kier molecular flexibility index (Phi) is 26.3. The van der Waals surface area contributed by atoms with Gasteiger partial charge in [-0.15, -0.1) is 0 Å². The lowest BCUT2D eigenvalue weighted by Crippen LogP contribution is -1.96. The summed E-state index contributed by atoms with van der Waals surface area (Å²) in [6.07, 6.45) is 19.7. The number of hydrogen-bond acceptors (Lipinski definition) is 16. The minimum absolute atomic E-state index is 0.100. The minimum Gasteiger partial charge on any atom is -0.508 e. The van der Waals surface area contributed by atoms with Gasteiger partial charge in [0.2, 0.25) is 0 Å². The number of carbonyl (C=O) groups excluding carboxylic acids is 4. The van der Waals surface area contributed by atoms with E-state index in [0.717, 1.165) is 79.9 Å². The quantitative estimate of drug-likeness (QED) is 0.0216. The van der Waals surface area contributed by atoms with E-state index >= 15 is 0 Å². The first kappa shape index (κ1) is 71.0. The van der Waals surface area contributed by atoms with E-state index in [0.29, 0.717) is 24.8 Å². The van der Waals surface area contributed by atoms with Crippen LogP contribution in [0.25, 0.3) is 24.3 Å². The third-order valence-corrected chi connectivity index (χ3v) is 13.3. The van der Waals surface area contributed by atoms with Crippen LogP contribution < -0.4 is 0 Å². The third-order valence-electron chi connectivity index (χ3n) is 13.3. The number of ketones is 4. The van der Waals surface area contributed by atoms with Gasteiger partial charge in [-0.2, -0.15) is 0 Å². The summed E-state index contributed by atoms with van der Waals surface area (Å²) in [6, 6.07) is 35.5. The van der Waals surface area contributed by atoms with Gasteiger partial charge in [0.1, 0.15) is 69.0 Å². The molecule has 0 aromatic heterocycles. The summed E-state index contributed by atoms with van der Waals surface area (Å²) in [5.74, 6) is -2.19. The van der Waals surface area contributed by atoms with Crippen LogP contribution >= 0.6 is 0 Å². The minimum atomic E-state index is -0.386. The molecule has 0 aliphatic carbocycles. The second-order valence-electron chi connectivity index (χ2n) is 21.8. The van der Waals surface area contributed by atoms with Crippen molar-refractivity contribution in [2.24, 2.45) is 0 Å². The van der Waals surface area contributed by atoms with Gasteiger partial charge in [-0.1, -0.05) is 83.5 Å². The van der Waals surface area contributed by atoms with Crippen LogP contribution in [0.4, 0.5) is 0 Å². The Labute approximate surface area is 533 Å². The molecule has 0 amide bonds. The van der Waals surface area contributed by atoms with Crippen molar-refractivity contribution >= 4 is 47.4 Å². The van der Waals surface area contributed by atoms with Crippen molar-refractivity contribution in [1.29, 1.82) is 0 Å². The number of phenolic OH excluding ortho intramolecular Hbond substituents is 12. The highest BCUT2D eigenvalue weighted by molar-refractivity contribution is 6.10. The first-order chi connectivity index (χ1) is 43.5. The van der Waals surface area contributed by atoms with Gasteiger partial charge in [0.15, 0.2) is 23.1 Å². The van der Waals surface area contributed by atoms with E-state index in [1.54, 1.807) is 54.6 Å². The molecule has 8 aromatic rings. The molecule has 0 radical (unpaired) electrons. The van der Waals surface area contributed by atoms with Gasteiger partial charge >= 0.3 is 0 Å². The monoisotopic (exact) mass is 1240 g/mol. The van der Waals surface area contributed by atoms with E-state index in [9.17, 15) is 70.2 Å². The first-order valence-electron chi connectivity index (χ1n) is 28.7. The van der Waals surface area contributed by atoms with Crippen LogP contribution in [0.5, 0.6) is 69.0 Å². The number of phenols is 12. The van der Waals surface area contributed by atoms with Crippen LogP contribution in [-0.4, -0.2) is 84.4 Å². The Hall–Kier alpha value is -11.8. The van der Waals surface area contributed by atoms with E-state index in [4.69, 9.17) is 10.2 Å². The number of carbonyl (C=O) groups is 4. The Balaban J connectivity index is 0.000000226. The summed E-state index contributed by atoms with van der Waals surface area (Å²) in [5.41, 5.74) is 10.2. The van der Waals surface area contributed by atoms with Crippen molar-refractivity contribution in [2.45, 2.75) is 67.7 Å². The van der Waals surface area contributed by atoms with Crippen molar-refractivity contribution < 1.29 is 80.5 Å². The average molecular weight is 1240 g/mol. The highest BCUT2D eigenvalue weighted by Gasteiger charge is 2.14. The summed E-state index contributed by atoms with van der Waals surface area (Å²) >= 11 is 0. The summed E-state index contributed by atoms with van der Waals surface area (Å²) in [7, 11) is 0. The maximum absolute atomic E-state index is 12.4. The van der Waals surface area contributed by atoms with Crippen LogP contribution in [0.15, 0.2) is 205 Å². The average Bonchev–Trinajstić information content (AvgIpc) is 1.31. The molecule has 0 bridgehead atoms. The lowest BCUT2D eigenvalue weighted by Gasteiger charge is -2.10. The molecule has 0 fully saturated rings. The second-order valence-corrected chi connectivity index (χ2v) is 21.8. The number of hydrogen-bond donors (Lipinski definition) is 12. The van der Waals surface area contributed by atoms with E-state index in [2.05, 4.69) is 0 Å². The molecule has 0 unspecified atom stereocenters. The molecule has 0 saturated heterocycles. The topological polar surface area (TPSA) is 311 Å². The molecule has 12 N–H and O–H groups in total. The molecule has 0 aliphatic heterocycles. The van der Waals surface area contributed by atoms with Crippen LogP contribution in [0.2, 0.25) is 0 Å². The van der Waals surface area contributed by atoms with E-state index in [1.165, 1.54) is 91.0 Å². The first-order valence-corrected chi connectivity index (χ1v) is 28.7. The molecule has 16 nitrogen and oxygen atoms in total. The Morgan fingerprint density at radius 2 is 0.598 bits per heavy atom. The molecule has 8 aromatic carbocycles. The predicted octanol–water partition coefficient (Wildman–Crippen LogP) is 15.6. The largest absolute Gasteiger partial charge is 0.508 e. The van der Waals surface area contributed by atoms with Crippen LogP contribution in [-0.2, 0) is 19.3 Å². The summed E-state index contributed by atoms with van der Waals surface area (Å²) < 4.78 is 0. The molecule has 0 saturated carbocycles. The Bertz CT molecular complexity index is 4120. The molecule has 0 heterocycles. The number of rotatable bonds is 18. The summed E-state index contributed by atoms with van der Waals surface area (Å²) in [6.45, 7) is 13.8. The third kappa shape index (κ3) is 23.1. The van der Waals surface area contributed by atoms with Gasteiger partial charge < -0.3 is 61.3 Å². The fraction of sp³-hybridized carbons (Fsp3) is 0.132. The molecule has 0 spiro atoms. The number of allylic oxidation sites excluding steroid dienone is 10. The zero-order valence-corrected chi connectivity index (χ0v) is 51.8. The molecule has 0 atom stereocenters. The van der Waals surface area contributed by atoms with E-state index in [1.807, 2.05) is 91.0 Å². The van der Waals surface area contributed by atoms with Crippen LogP contribution in [0.3, 0.4) is 0 Å². The van der Waals surface area contributed by atoms with Crippen LogP contribution in [0, 0.1) is 6.92 Å². The summed E-state index contributed by atoms with van der Waals surface area (Å²) in [5, 5.41) is 115. The number of aromatic hydroxyl groups is 12. The van der Waals surface area contributed by atoms with Gasteiger partial charge in [-0.25, -0.2) is 0 Å². The van der Waals surface area contributed by atoms with Crippen molar-refractivity contribution in [1.82, 2.24) is 0 Å². The van der Waals surface area contributed by atoms with Gasteiger partial charge in [0.25, 0.3) is 0 Å². The SMILES string of the molecule is CC(C)=CCc1cc(/C=C/C(=O)c2ccc(O)cc2O)cc(CC=C(C)C)c1O.CC(C)=CCc1cc(/C=C/C(=O)c2ccc(O)cc2O)ccc1O.Cc1cc(O)cc(/C=C/C(=O)c2ccc(O)cc2O)c1.O=C(/C=C/c1ccc(O)cc1)c1ccc(O)cc1O. The summed E-state index contributed by atoms with van der Waals surface area (Å²) in [4.78, 5) is 48.3. The molecule has 8 rings (SSSR count). The zero-order valence-electron chi connectivity index (χ0n) is 51.8. The van der Waals surface area contributed by atoms with Gasteiger partial charge in [-0.3, -0.25) is 19.2 Å². The van der Waals surface area contributed by atoms with E-state index < -0.39 is 0 Å². The highest BCUT2D eigenvalue weighted by Crippen LogP contribution is 2.31. The molecule has 92 heavy (non-hydrogen) atoms. The number of aryl methyl sites for hydroxylation is 1. The van der Waals surface area contributed by atoms with Crippen molar-refractivity contribution in [3.05, 3.63) is 272 Å². The zero-order chi connectivity index (χ0) is 67.8. The lowest BCUT2D eigenvalue weighted by atomic mass is 9.97. The molecule has 16 heteroatoms. The van der Waals surface area contributed by atoms with Gasteiger partial charge in [-0.05, 0) is 234 Å².